The fraction of sp³-hybridized carbons (Fsp3) is 0.571. The van der Waals surface area contributed by atoms with Crippen LogP contribution in [0.5, 0.6) is 0 Å². The third-order valence-electron chi connectivity index (χ3n) is 3.79. The largest absolute Gasteiger partial charge is 0.317 e. The average molecular weight is 265 g/mol. The van der Waals surface area contributed by atoms with E-state index in [1.165, 1.54) is 12.8 Å². The van der Waals surface area contributed by atoms with E-state index >= 15 is 0 Å². The number of nitrogens with zero attached hydrogens (tertiary/aromatic N) is 1. The number of nitrogens with one attached hydrogen (secondary N) is 1. The first-order valence-electron chi connectivity index (χ1n) is 6.87. The maximum atomic E-state index is 12.8. The van der Waals surface area contributed by atoms with Crippen molar-refractivity contribution in [2.45, 2.75) is 42.7 Å². The van der Waals surface area contributed by atoms with Crippen molar-refractivity contribution < 1.29 is 4.21 Å². The fourth-order valence-corrected chi connectivity index (χ4v) is 4.44. The van der Waals surface area contributed by atoms with Gasteiger partial charge in [0.15, 0.2) is 15.9 Å². The van der Waals surface area contributed by atoms with Crippen molar-refractivity contribution in [1.82, 2.24) is 9.62 Å². The Kier molecular flexibility index (Phi) is 3.77. The first-order chi connectivity index (χ1) is 8.86. The molecular weight excluding hydrogens is 244 g/mol. The van der Waals surface area contributed by atoms with Crippen LogP contribution in [0.15, 0.2) is 35.2 Å². The van der Waals surface area contributed by atoms with E-state index < -0.39 is 11.0 Å². The molecule has 1 heterocycles. The van der Waals surface area contributed by atoms with E-state index in [-0.39, 0.29) is 0 Å². The lowest BCUT2D eigenvalue weighted by molar-refractivity contribution is 0.264. The molecule has 1 aromatic rings. The molecule has 1 atom stereocenters. The fourth-order valence-electron chi connectivity index (χ4n) is 2.69. The summed E-state index contributed by atoms with van der Waals surface area (Å²) >= 11 is 0. The normalized spacial score (nSPS) is 23.2. The van der Waals surface area contributed by atoms with Crippen molar-refractivity contribution >= 4 is 11.0 Å². The summed E-state index contributed by atoms with van der Waals surface area (Å²) in [6.45, 7) is 2.12. The van der Waals surface area contributed by atoms with Gasteiger partial charge in [-0.05, 0) is 50.9 Å². The maximum Gasteiger partial charge on any atom is 0.178 e. The minimum atomic E-state index is -1.38. The monoisotopic (exact) mass is 265 g/mol. The second-order valence-corrected chi connectivity index (χ2v) is 6.72. The van der Waals surface area contributed by atoms with Gasteiger partial charge in [0.05, 0.1) is 12.1 Å². The van der Waals surface area contributed by atoms with Crippen molar-refractivity contribution in [1.29, 1.82) is 0 Å². The minimum absolute atomic E-state index is 0.502. The molecule has 0 bridgehead atoms. The Balaban J connectivity index is 1.79. The Labute approximate surface area is 111 Å². The van der Waals surface area contributed by atoms with E-state index in [9.17, 15) is 4.21 Å². The quantitative estimate of drug-likeness (QED) is 0.666. The molecule has 18 heavy (non-hydrogen) atoms. The molecular formula is C14H21N2OS+. The average Bonchev–Trinajstić information content (AvgIpc) is 3.26. The van der Waals surface area contributed by atoms with Crippen molar-refractivity contribution in [3.8, 4) is 0 Å². The van der Waals surface area contributed by atoms with Crippen LogP contribution in [-0.2, 0) is 15.2 Å². The highest BCUT2D eigenvalue weighted by Gasteiger charge is 2.42. The number of thiol groups is 1. The van der Waals surface area contributed by atoms with Gasteiger partial charge in [-0.25, -0.2) is 0 Å². The van der Waals surface area contributed by atoms with Gasteiger partial charge in [-0.15, -0.1) is 4.31 Å². The molecule has 2 fully saturated rings. The molecule has 1 N–H and O–H groups in total. The molecule has 1 saturated carbocycles. The first kappa shape index (κ1) is 12.3. The molecule has 1 saturated heterocycles. The van der Waals surface area contributed by atoms with Crippen LogP contribution >= 0.6 is 0 Å². The van der Waals surface area contributed by atoms with Crippen molar-refractivity contribution in [2.24, 2.45) is 0 Å². The summed E-state index contributed by atoms with van der Waals surface area (Å²) in [6.07, 6.45) is 4.70. The van der Waals surface area contributed by atoms with Crippen LogP contribution in [0.1, 0.15) is 25.7 Å². The molecule has 2 aliphatic rings. The molecule has 4 heteroatoms. The standard InChI is InChI=1S/C14H20N2OS/c17-18(14-4-2-1-3-5-14)16(12-6-7-12)13-8-10-15-11-9-13/h1-5,12-13,15H,6-11H2/p+1. The summed E-state index contributed by atoms with van der Waals surface area (Å²) in [5.41, 5.74) is 0. The van der Waals surface area contributed by atoms with Crippen LogP contribution in [0.2, 0.25) is 0 Å². The van der Waals surface area contributed by atoms with Gasteiger partial charge in [0.2, 0.25) is 0 Å². The minimum Gasteiger partial charge on any atom is -0.317 e. The third-order valence-corrected chi connectivity index (χ3v) is 5.60. The van der Waals surface area contributed by atoms with Crippen LogP contribution in [0.4, 0.5) is 0 Å². The SMILES string of the molecule is O=[SH+](c1ccccc1)N(C1CCNCC1)C1CC1. The van der Waals surface area contributed by atoms with Crippen LogP contribution < -0.4 is 5.32 Å². The lowest BCUT2D eigenvalue weighted by atomic mass is 10.1. The second-order valence-electron chi connectivity index (χ2n) is 5.20. The van der Waals surface area contributed by atoms with Gasteiger partial charge in [0.25, 0.3) is 0 Å². The molecule has 3 nitrogen and oxygen atoms in total. The summed E-state index contributed by atoms with van der Waals surface area (Å²) in [6, 6.07) is 11.0. The van der Waals surface area contributed by atoms with E-state index in [0.717, 1.165) is 30.8 Å². The summed E-state index contributed by atoms with van der Waals surface area (Å²) in [5.74, 6) is 0. The Morgan fingerprint density at radius 1 is 1.00 bits per heavy atom. The summed E-state index contributed by atoms with van der Waals surface area (Å²) < 4.78 is 15.1. The molecule has 1 aliphatic carbocycles. The van der Waals surface area contributed by atoms with Crippen molar-refractivity contribution in [2.75, 3.05) is 13.1 Å². The van der Waals surface area contributed by atoms with Gasteiger partial charge in [0.1, 0.15) is 0 Å². The predicted molar refractivity (Wildman–Crippen MR) is 74.9 cm³/mol. The van der Waals surface area contributed by atoms with Crippen molar-refractivity contribution in [3.05, 3.63) is 30.3 Å². The van der Waals surface area contributed by atoms with Gasteiger partial charge < -0.3 is 5.32 Å². The molecule has 1 unspecified atom stereocenters. The molecule has 0 aromatic heterocycles. The van der Waals surface area contributed by atoms with E-state index in [1.807, 2.05) is 30.3 Å². The van der Waals surface area contributed by atoms with Crippen LogP contribution in [0.25, 0.3) is 0 Å². The van der Waals surface area contributed by atoms with Gasteiger partial charge in [0, 0.05) is 0 Å². The lowest BCUT2D eigenvalue weighted by Crippen LogP contribution is -2.44. The van der Waals surface area contributed by atoms with Crippen LogP contribution in [-0.4, -0.2) is 29.5 Å². The topological polar surface area (TPSA) is 32.3 Å². The summed E-state index contributed by atoms with van der Waals surface area (Å²) in [5, 5.41) is 3.39. The number of hydrogen-bond donors (Lipinski definition) is 1. The Bertz CT molecular complexity index is 413. The molecule has 1 aromatic carbocycles. The second kappa shape index (κ2) is 5.51. The molecule has 1 aliphatic heterocycles. The van der Waals surface area contributed by atoms with Gasteiger partial charge in [-0.1, -0.05) is 22.4 Å². The Morgan fingerprint density at radius 3 is 2.22 bits per heavy atom. The number of piperidine rings is 1. The van der Waals surface area contributed by atoms with E-state index in [2.05, 4.69) is 9.62 Å². The zero-order valence-electron chi connectivity index (χ0n) is 10.6. The molecule has 3 rings (SSSR count). The first-order valence-corrected chi connectivity index (χ1v) is 8.09. The number of hydrogen-bond acceptors (Lipinski definition) is 2. The summed E-state index contributed by atoms with van der Waals surface area (Å²) in [7, 11) is -1.38. The highest BCUT2D eigenvalue weighted by Crippen LogP contribution is 2.34. The van der Waals surface area contributed by atoms with E-state index in [1.54, 1.807) is 0 Å². The van der Waals surface area contributed by atoms with Gasteiger partial charge in [-0.3, -0.25) is 0 Å². The Morgan fingerprint density at radius 2 is 1.61 bits per heavy atom. The zero-order chi connectivity index (χ0) is 12.4. The highest BCUT2D eigenvalue weighted by molar-refractivity contribution is 7.82. The lowest BCUT2D eigenvalue weighted by Gasteiger charge is -2.29. The smallest absolute Gasteiger partial charge is 0.178 e. The molecule has 98 valence electrons. The van der Waals surface area contributed by atoms with Crippen molar-refractivity contribution in [3.63, 3.8) is 0 Å². The molecule has 0 spiro atoms. The summed E-state index contributed by atoms with van der Waals surface area (Å²) in [4.78, 5) is 0.984. The zero-order valence-corrected chi connectivity index (χ0v) is 11.5. The van der Waals surface area contributed by atoms with E-state index in [4.69, 9.17) is 0 Å². The van der Waals surface area contributed by atoms with Crippen LogP contribution in [0, 0.1) is 0 Å². The van der Waals surface area contributed by atoms with Crippen LogP contribution in [0.3, 0.4) is 0 Å². The molecule has 0 amide bonds. The van der Waals surface area contributed by atoms with Gasteiger partial charge in [-0.2, -0.15) is 0 Å². The molecule has 0 radical (unpaired) electrons. The highest BCUT2D eigenvalue weighted by atomic mass is 32.2. The number of rotatable bonds is 4. The third kappa shape index (κ3) is 2.66. The predicted octanol–water partition coefficient (Wildman–Crippen LogP) is 1.87. The maximum absolute atomic E-state index is 12.8. The number of benzene rings is 1. The van der Waals surface area contributed by atoms with Gasteiger partial charge >= 0.3 is 0 Å². The van der Waals surface area contributed by atoms with E-state index in [0.29, 0.717) is 12.1 Å². The Hall–Kier alpha value is -0.710.